The lowest BCUT2D eigenvalue weighted by atomic mass is 9.85. The number of allylic oxidation sites excluding steroid dienone is 1. The molecule has 1 saturated heterocycles. The molecule has 1 fully saturated rings. The van der Waals surface area contributed by atoms with Crippen molar-refractivity contribution in [3.8, 4) is 17.1 Å². The normalized spacial score (nSPS) is 18.3. The average Bonchev–Trinajstić information content (AvgIpc) is 3.41. The molecule has 0 unspecified atom stereocenters. The minimum Gasteiger partial charge on any atom is -0.488 e. The Morgan fingerprint density at radius 3 is 2.56 bits per heavy atom. The van der Waals surface area contributed by atoms with E-state index in [0.717, 1.165) is 11.4 Å². The number of nitrogens with one attached hydrogen (secondary N) is 1. The van der Waals surface area contributed by atoms with Crippen molar-refractivity contribution in [2.75, 3.05) is 13.7 Å². The topological polar surface area (TPSA) is 112 Å². The van der Waals surface area contributed by atoms with Gasteiger partial charge in [0.2, 0.25) is 5.91 Å². The van der Waals surface area contributed by atoms with Gasteiger partial charge in [-0.25, -0.2) is 9.59 Å². The molecule has 1 aliphatic heterocycles. The lowest BCUT2D eigenvalue weighted by Crippen LogP contribution is -2.57. The number of aromatic nitrogens is 2. The summed E-state index contributed by atoms with van der Waals surface area (Å²) >= 11 is 0. The number of rotatable bonds is 7. The summed E-state index contributed by atoms with van der Waals surface area (Å²) in [5, 5.41) is 2.62. The molecule has 3 heterocycles. The van der Waals surface area contributed by atoms with Crippen LogP contribution in [-0.2, 0) is 26.1 Å². The van der Waals surface area contributed by atoms with E-state index in [0.29, 0.717) is 5.75 Å². The lowest BCUT2D eigenvalue weighted by Gasteiger charge is -2.34. The van der Waals surface area contributed by atoms with E-state index in [1.807, 2.05) is 56.8 Å². The standard InChI is InChI=1S/C26H34N4O6/c1-16(2)35-25(33)28-22(26(3,4)5)23(31)30-15-18(14-21(30)24(32)34-7)36-17-10-11-27-19(13-17)20-9-8-12-29(20)6/h8-13,18,21-22H,1,14-15H2,2-7H3,(H,28,33)/t18-,21+,22-/m1/s1. The maximum absolute atomic E-state index is 13.6. The molecular weight excluding hydrogens is 464 g/mol. The molecule has 0 aliphatic carbocycles. The quantitative estimate of drug-likeness (QED) is 0.461. The number of aryl methyl sites for hydroxylation is 1. The lowest BCUT2D eigenvalue weighted by molar-refractivity contribution is -0.152. The highest BCUT2D eigenvalue weighted by Crippen LogP contribution is 2.30. The number of carbonyl (C=O) groups excluding carboxylic acids is 3. The molecule has 36 heavy (non-hydrogen) atoms. The van der Waals surface area contributed by atoms with Crippen LogP contribution in [0.3, 0.4) is 0 Å². The Labute approximate surface area is 211 Å². The van der Waals surface area contributed by atoms with Gasteiger partial charge in [-0.2, -0.15) is 0 Å². The van der Waals surface area contributed by atoms with Crippen LogP contribution < -0.4 is 10.1 Å². The zero-order valence-electron chi connectivity index (χ0n) is 21.6. The molecule has 2 amide bonds. The van der Waals surface area contributed by atoms with E-state index >= 15 is 0 Å². The Morgan fingerprint density at radius 1 is 1.25 bits per heavy atom. The van der Waals surface area contributed by atoms with Gasteiger partial charge in [0.25, 0.3) is 0 Å². The van der Waals surface area contributed by atoms with Gasteiger partial charge in [-0.15, -0.1) is 0 Å². The molecule has 0 bridgehead atoms. The molecule has 2 aromatic rings. The Bertz CT molecular complexity index is 1140. The molecule has 3 atom stereocenters. The fourth-order valence-corrected chi connectivity index (χ4v) is 4.15. The van der Waals surface area contributed by atoms with Gasteiger partial charge in [0, 0.05) is 31.9 Å². The molecule has 0 spiro atoms. The van der Waals surface area contributed by atoms with Crippen molar-refractivity contribution in [2.45, 2.75) is 52.3 Å². The zero-order valence-corrected chi connectivity index (χ0v) is 21.6. The summed E-state index contributed by atoms with van der Waals surface area (Å²) in [7, 11) is 3.20. The summed E-state index contributed by atoms with van der Waals surface area (Å²) in [5.74, 6) is -0.214. The number of carbonyl (C=O) groups is 3. The minimum atomic E-state index is -0.958. The van der Waals surface area contributed by atoms with Crippen LogP contribution in [0.1, 0.15) is 34.1 Å². The van der Waals surface area contributed by atoms with E-state index in [4.69, 9.17) is 14.2 Å². The maximum atomic E-state index is 13.6. The third-order valence-corrected chi connectivity index (χ3v) is 5.90. The van der Waals surface area contributed by atoms with Crippen LogP contribution in [0.4, 0.5) is 4.79 Å². The number of amides is 2. The predicted molar refractivity (Wildman–Crippen MR) is 133 cm³/mol. The second-order valence-electron chi connectivity index (χ2n) is 9.92. The first-order valence-electron chi connectivity index (χ1n) is 11.7. The number of hydrogen-bond donors (Lipinski definition) is 1. The molecule has 10 nitrogen and oxygen atoms in total. The molecular formula is C26H34N4O6. The SMILES string of the molecule is C=C(C)OC(=O)N[C@H](C(=O)N1C[C@H](Oc2ccnc(-c3cccn3C)c2)C[C@H]1C(=O)OC)C(C)(C)C. The smallest absolute Gasteiger partial charge is 0.412 e. The Hall–Kier alpha value is -3.82. The van der Waals surface area contributed by atoms with Gasteiger partial charge in [0.15, 0.2) is 0 Å². The number of methoxy groups -OCH3 is 1. The molecule has 0 aromatic carbocycles. The van der Waals surface area contributed by atoms with Gasteiger partial charge in [0.1, 0.15) is 23.9 Å². The Kier molecular flexibility index (Phi) is 8.07. The van der Waals surface area contributed by atoms with Gasteiger partial charge in [-0.1, -0.05) is 27.4 Å². The number of pyridine rings is 1. The van der Waals surface area contributed by atoms with Crippen molar-refractivity contribution < 1.29 is 28.6 Å². The van der Waals surface area contributed by atoms with Gasteiger partial charge >= 0.3 is 12.1 Å². The number of alkyl carbamates (subject to hydrolysis) is 1. The van der Waals surface area contributed by atoms with E-state index in [1.165, 1.54) is 18.9 Å². The Balaban J connectivity index is 1.81. The number of esters is 1. The predicted octanol–water partition coefficient (Wildman–Crippen LogP) is 3.28. The molecule has 1 aliphatic rings. The molecule has 0 radical (unpaired) electrons. The van der Waals surface area contributed by atoms with Gasteiger partial charge in [0.05, 0.1) is 30.8 Å². The summed E-state index contributed by atoms with van der Waals surface area (Å²) in [4.78, 5) is 44.4. The van der Waals surface area contributed by atoms with Crippen LogP contribution >= 0.6 is 0 Å². The van der Waals surface area contributed by atoms with Crippen molar-refractivity contribution in [2.24, 2.45) is 12.5 Å². The third-order valence-electron chi connectivity index (χ3n) is 5.90. The van der Waals surface area contributed by atoms with Gasteiger partial charge < -0.3 is 29.0 Å². The monoisotopic (exact) mass is 498 g/mol. The van der Waals surface area contributed by atoms with Crippen LogP contribution in [-0.4, -0.2) is 64.3 Å². The summed E-state index contributed by atoms with van der Waals surface area (Å²) < 4.78 is 18.1. The first kappa shape index (κ1) is 26.8. The summed E-state index contributed by atoms with van der Waals surface area (Å²) in [5.41, 5.74) is 1.00. The fraction of sp³-hybridized carbons (Fsp3) is 0.462. The third kappa shape index (κ3) is 6.24. The highest BCUT2D eigenvalue weighted by atomic mass is 16.6. The zero-order chi connectivity index (χ0) is 26.6. The molecule has 2 aromatic heterocycles. The number of ether oxygens (including phenoxy) is 3. The average molecular weight is 499 g/mol. The summed E-state index contributed by atoms with van der Waals surface area (Å²) in [6, 6.07) is 5.62. The van der Waals surface area contributed by atoms with E-state index in [2.05, 4.69) is 16.9 Å². The number of nitrogens with zero attached hydrogens (tertiary/aromatic N) is 3. The minimum absolute atomic E-state index is 0.143. The van der Waals surface area contributed by atoms with Crippen LogP contribution in [0.5, 0.6) is 5.75 Å². The second kappa shape index (κ2) is 10.8. The number of likely N-dealkylation sites (tertiary alicyclic amines) is 1. The molecule has 10 heteroatoms. The van der Waals surface area contributed by atoms with E-state index in [9.17, 15) is 14.4 Å². The largest absolute Gasteiger partial charge is 0.488 e. The van der Waals surface area contributed by atoms with Crippen molar-refractivity contribution in [3.05, 3.63) is 49.0 Å². The maximum Gasteiger partial charge on any atom is 0.412 e. The first-order chi connectivity index (χ1) is 16.9. The summed E-state index contributed by atoms with van der Waals surface area (Å²) in [6.45, 7) is 10.7. The highest BCUT2D eigenvalue weighted by Gasteiger charge is 2.46. The van der Waals surface area contributed by atoms with Gasteiger partial charge in [-0.05, 0) is 30.5 Å². The van der Waals surface area contributed by atoms with Crippen molar-refractivity contribution in [1.29, 1.82) is 0 Å². The van der Waals surface area contributed by atoms with Crippen LogP contribution in [0, 0.1) is 5.41 Å². The van der Waals surface area contributed by atoms with Crippen molar-refractivity contribution in [1.82, 2.24) is 19.8 Å². The Morgan fingerprint density at radius 2 is 1.97 bits per heavy atom. The van der Waals surface area contributed by atoms with Crippen molar-refractivity contribution >= 4 is 18.0 Å². The van der Waals surface area contributed by atoms with Crippen molar-refractivity contribution in [3.63, 3.8) is 0 Å². The first-order valence-corrected chi connectivity index (χ1v) is 11.7. The van der Waals surface area contributed by atoms with Crippen LogP contribution in [0.2, 0.25) is 0 Å². The fourth-order valence-electron chi connectivity index (χ4n) is 4.15. The van der Waals surface area contributed by atoms with Crippen LogP contribution in [0.15, 0.2) is 49.0 Å². The molecule has 0 saturated carbocycles. The van der Waals surface area contributed by atoms with Crippen LogP contribution in [0.25, 0.3) is 11.4 Å². The number of hydrogen-bond acceptors (Lipinski definition) is 7. The van der Waals surface area contributed by atoms with E-state index in [-0.39, 0.29) is 18.7 Å². The summed E-state index contributed by atoms with van der Waals surface area (Å²) in [6.07, 6.45) is 2.57. The second-order valence-corrected chi connectivity index (χ2v) is 9.92. The molecule has 194 valence electrons. The molecule has 1 N–H and O–H groups in total. The van der Waals surface area contributed by atoms with E-state index < -0.39 is 41.6 Å². The van der Waals surface area contributed by atoms with E-state index in [1.54, 1.807) is 12.3 Å². The molecule has 3 rings (SSSR count). The van der Waals surface area contributed by atoms with Gasteiger partial charge in [-0.3, -0.25) is 9.78 Å². The highest BCUT2D eigenvalue weighted by molar-refractivity contribution is 5.91.